The van der Waals surface area contributed by atoms with E-state index in [2.05, 4.69) is 4.72 Å². The molecule has 23 heavy (non-hydrogen) atoms. The molecule has 8 heteroatoms. The monoisotopic (exact) mass is 345 g/mol. The van der Waals surface area contributed by atoms with Gasteiger partial charge in [0, 0.05) is 12.1 Å². The van der Waals surface area contributed by atoms with Crippen molar-refractivity contribution in [1.82, 2.24) is 4.72 Å². The van der Waals surface area contributed by atoms with Crippen molar-refractivity contribution in [3.63, 3.8) is 0 Å². The molecular formula is C15H23NO6S. The Kier molecular flexibility index (Phi) is 5.49. The minimum atomic E-state index is -3.82. The van der Waals surface area contributed by atoms with Gasteiger partial charge in [-0.15, -0.1) is 0 Å². The summed E-state index contributed by atoms with van der Waals surface area (Å²) in [6.45, 7) is 5.96. The van der Waals surface area contributed by atoms with Crippen molar-refractivity contribution in [1.29, 1.82) is 0 Å². The predicted molar refractivity (Wildman–Crippen MR) is 82.7 cm³/mol. The van der Waals surface area contributed by atoms with Gasteiger partial charge in [-0.05, 0) is 52.2 Å². The van der Waals surface area contributed by atoms with Crippen LogP contribution in [0.5, 0.6) is 0 Å². The van der Waals surface area contributed by atoms with Crippen LogP contribution in [0, 0.1) is 0 Å². The van der Waals surface area contributed by atoms with E-state index < -0.39 is 21.5 Å². The number of rotatable bonds is 5. The molecule has 1 aromatic rings. The van der Waals surface area contributed by atoms with Crippen molar-refractivity contribution in [3.05, 3.63) is 17.9 Å². The van der Waals surface area contributed by atoms with Crippen molar-refractivity contribution in [2.24, 2.45) is 0 Å². The molecule has 0 aliphatic carbocycles. The first kappa shape index (κ1) is 18.0. The highest BCUT2D eigenvalue weighted by molar-refractivity contribution is 7.89. The molecule has 1 fully saturated rings. The molecule has 1 atom stereocenters. The van der Waals surface area contributed by atoms with Crippen LogP contribution in [0.2, 0.25) is 0 Å². The first-order valence-electron chi connectivity index (χ1n) is 7.60. The molecule has 1 aliphatic heterocycles. The number of hydrogen-bond donors (Lipinski definition) is 1. The molecule has 7 nitrogen and oxygen atoms in total. The van der Waals surface area contributed by atoms with Gasteiger partial charge in [-0.2, -0.15) is 0 Å². The summed E-state index contributed by atoms with van der Waals surface area (Å²) in [6.07, 6.45) is 2.81. The summed E-state index contributed by atoms with van der Waals surface area (Å²) in [5.41, 5.74) is -0.648. The molecule has 0 bridgehead atoms. The minimum absolute atomic E-state index is 0.103. The zero-order valence-corrected chi connectivity index (χ0v) is 14.4. The number of carbonyl (C=O) groups excluding carboxylic acids is 1. The van der Waals surface area contributed by atoms with Gasteiger partial charge in [0.1, 0.15) is 6.61 Å². The smallest absolute Gasteiger partial charge is 0.374 e. The van der Waals surface area contributed by atoms with E-state index in [9.17, 15) is 13.2 Å². The van der Waals surface area contributed by atoms with Gasteiger partial charge in [0.05, 0.1) is 6.10 Å². The van der Waals surface area contributed by atoms with Crippen LogP contribution in [0.15, 0.2) is 21.6 Å². The molecule has 0 unspecified atom stereocenters. The minimum Gasteiger partial charge on any atom is -0.457 e. The molecule has 0 spiro atoms. The molecule has 2 rings (SSSR count). The third-order valence-corrected chi connectivity index (χ3v) is 4.79. The van der Waals surface area contributed by atoms with Crippen molar-refractivity contribution in [3.8, 4) is 0 Å². The molecule has 1 aliphatic rings. The quantitative estimate of drug-likeness (QED) is 0.821. The van der Waals surface area contributed by atoms with Crippen LogP contribution in [-0.2, 0) is 19.5 Å². The fourth-order valence-electron chi connectivity index (χ4n) is 2.21. The SMILES string of the molecule is CC(C)(C)NS(=O)(=O)c1ccc(C(=O)OC[C@H]2CCCCO2)o1. The van der Waals surface area contributed by atoms with Crippen LogP contribution >= 0.6 is 0 Å². The molecule has 0 radical (unpaired) electrons. The average molecular weight is 345 g/mol. The predicted octanol–water partition coefficient (Wildman–Crippen LogP) is 2.08. The lowest BCUT2D eigenvalue weighted by molar-refractivity contribution is -0.0312. The van der Waals surface area contributed by atoms with Gasteiger partial charge in [-0.3, -0.25) is 0 Å². The van der Waals surface area contributed by atoms with Crippen LogP contribution in [0.4, 0.5) is 0 Å². The van der Waals surface area contributed by atoms with Crippen molar-refractivity contribution >= 4 is 16.0 Å². The Bertz CT molecular complexity index is 637. The molecule has 1 saturated heterocycles. The molecule has 2 heterocycles. The third-order valence-electron chi connectivity index (χ3n) is 3.16. The second kappa shape index (κ2) is 7.02. The van der Waals surface area contributed by atoms with Gasteiger partial charge in [-0.25, -0.2) is 17.9 Å². The Morgan fingerprint density at radius 3 is 2.70 bits per heavy atom. The Labute approximate surface area is 136 Å². The average Bonchev–Trinajstić information content (AvgIpc) is 2.94. The standard InChI is InChI=1S/C15H23NO6S/c1-15(2,3)16-23(18,19)13-8-7-12(22-13)14(17)21-10-11-6-4-5-9-20-11/h7-8,11,16H,4-6,9-10H2,1-3H3/t11-/m1/s1. The largest absolute Gasteiger partial charge is 0.457 e. The van der Waals surface area contributed by atoms with E-state index in [4.69, 9.17) is 13.9 Å². The van der Waals surface area contributed by atoms with Crippen LogP contribution in [0.25, 0.3) is 0 Å². The summed E-state index contributed by atoms with van der Waals surface area (Å²) < 4.78 is 42.4. The van der Waals surface area contributed by atoms with Crippen LogP contribution in [0.3, 0.4) is 0 Å². The number of ether oxygens (including phenoxy) is 2. The molecule has 130 valence electrons. The molecule has 0 amide bonds. The van der Waals surface area contributed by atoms with Gasteiger partial charge < -0.3 is 13.9 Å². The van der Waals surface area contributed by atoms with E-state index in [1.807, 2.05) is 0 Å². The highest BCUT2D eigenvalue weighted by Gasteiger charge is 2.27. The molecular weight excluding hydrogens is 322 g/mol. The van der Waals surface area contributed by atoms with Gasteiger partial charge >= 0.3 is 5.97 Å². The fraction of sp³-hybridized carbons (Fsp3) is 0.667. The first-order valence-corrected chi connectivity index (χ1v) is 9.08. The normalized spacial score (nSPS) is 19.5. The maximum Gasteiger partial charge on any atom is 0.374 e. The van der Waals surface area contributed by atoms with Crippen LogP contribution < -0.4 is 4.72 Å². The van der Waals surface area contributed by atoms with E-state index in [0.29, 0.717) is 6.61 Å². The summed E-state index contributed by atoms with van der Waals surface area (Å²) in [4.78, 5) is 11.9. The van der Waals surface area contributed by atoms with Crippen LogP contribution in [-0.4, -0.2) is 39.2 Å². The lowest BCUT2D eigenvalue weighted by Crippen LogP contribution is -2.40. The lowest BCUT2D eigenvalue weighted by Gasteiger charge is -2.21. The summed E-state index contributed by atoms with van der Waals surface area (Å²) in [5.74, 6) is -0.841. The molecule has 0 saturated carbocycles. The molecule has 0 aromatic carbocycles. The summed E-state index contributed by atoms with van der Waals surface area (Å²) in [7, 11) is -3.82. The molecule has 1 N–H and O–H groups in total. The Balaban J connectivity index is 1.96. The summed E-state index contributed by atoms with van der Waals surface area (Å²) in [6, 6.07) is 2.53. The van der Waals surface area contributed by atoms with Gasteiger partial charge in [0.15, 0.2) is 0 Å². The van der Waals surface area contributed by atoms with Crippen molar-refractivity contribution in [2.45, 2.75) is 56.8 Å². The lowest BCUT2D eigenvalue weighted by atomic mass is 10.1. The Morgan fingerprint density at radius 2 is 2.09 bits per heavy atom. The summed E-state index contributed by atoms with van der Waals surface area (Å²) >= 11 is 0. The fourth-order valence-corrected chi connectivity index (χ4v) is 3.56. The van der Waals surface area contributed by atoms with Gasteiger partial charge in [0.2, 0.25) is 10.9 Å². The van der Waals surface area contributed by atoms with E-state index >= 15 is 0 Å². The zero-order chi connectivity index (χ0) is 17.1. The number of sulfonamides is 1. The number of furan rings is 1. The van der Waals surface area contributed by atoms with Crippen molar-refractivity contribution < 1.29 is 27.1 Å². The van der Waals surface area contributed by atoms with Crippen LogP contribution in [0.1, 0.15) is 50.6 Å². The topological polar surface area (TPSA) is 94.8 Å². The number of esters is 1. The van der Waals surface area contributed by atoms with E-state index in [-0.39, 0.29) is 23.6 Å². The number of hydrogen-bond acceptors (Lipinski definition) is 6. The molecule has 1 aromatic heterocycles. The Morgan fingerprint density at radius 1 is 1.35 bits per heavy atom. The van der Waals surface area contributed by atoms with E-state index in [1.54, 1.807) is 20.8 Å². The maximum absolute atomic E-state index is 12.1. The first-order chi connectivity index (χ1) is 10.7. The highest BCUT2D eigenvalue weighted by atomic mass is 32.2. The third kappa shape index (κ3) is 5.33. The number of carbonyl (C=O) groups is 1. The van der Waals surface area contributed by atoms with E-state index in [0.717, 1.165) is 19.3 Å². The van der Waals surface area contributed by atoms with Gasteiger partial charge in [0.25, 0.3) is 10.0 Å². The Hall–Kier alpha value is -1.38. The van der Waals surface area contributed by atoms with E-state index in [1.165, 1.54) is 12.1 Å². The second-order valence-corrected chi connectivity index (χ2v) is 8.17. The maximum atomic E-state index is 12.1. The summed E-state index contributed by atoms with van der Waals surface area (Å²) in [5, 5.41) is -0.312. The zero-order valence-electron chi connectivity index (χ0n) is 13.6. The second-order valence-electron chi connectivity index (χ2n) is 6.56. The van der Waals surface area contributed by atoms with Crippen molar-refractivity contribution in [2.75, 3.05) is 13.2 Å². The van der Waals surface area contributed by atoms with Gasteiger partial charge in [-0.1, -0.05) is 0 Å². The number of nitrogens with one attached hydrogen (secondary N) is 1. The highest BCUT2D eigenvalue weighted by Crippen LogP contribution is 2.18.